The summed E-state index contributed by atoms with van der Waals surface area (Å²) >= 11 is 0. The molecule has 0 aromatic heterocycles. The molecule has 2 nitrogen and oxygen atoms in total. The average molecular weight is 244 g/mol. The number of nitrogens with two attached hydrogens (primary N) is 1. The maximum absolute atomic E-state index is 13.6. The molecule has 0 aliphatic rings. The Balaban J connectivity index is 2.29. The Kier molecular flexibility index (Phi) is 3.63. The fourth-order valence-electron chi connectivity index (χ4n) is 1.89. The van der Waals surface area contributed by atoms with Gasteiger partial charge in [0, 0.05) is 25.3 Å². The smallest absolute Gasteiger partial charge is 0.128 e. The van der Waals surface area contributed by atoms with Gasteiger partial charge in [0.1, 0.15) is 5.82 Å². The van der Waals surface area contributed by atoms with Crippen molar-refractivity contribution in [2.75, 3.05) is 19.0 Å². The van der Waals surface area contributed by atoms with Crippen molar-refractivity contribution in [3.05, 3.63) is 65.5 Å². The first-order valence-electron chi connectivity index (χ1n) is 5.87. The van der Waals surface area contributed by atoms with Crippen LogP contribution in [0.2, 0.25) is 0 Å². The lowest BCUT2D eigenvalue weighted by Crippen LogP contribution is -2.14. The van der Waals surface area contributed by atoms with E-state index in [1.54, 1.807) is 18.2 Å². The van der Waals surface area contributed by atoms with E-state index in [1.807, 2.05) is 43.3 Å². The fourth-order valence-corrected chi connectivity index (χ4v) is 1.89. The van der Waals surface area contributed by atoms with E-state index < -0.39 is 6.04 Å². The van der Waals surface area contributed by atoms with Crippen LogP contribution in [0.1, 0.15) is 17.2 Å². The van der Waals surface area contributed by atoms with Gasteiger partial charge in [-0.25, -0.2) is 4.39 Å². The van der Waals surface area contributed by atoms with Gasteiger partial charge in [0.05, 0.1) is 6.04 Å². The van der Waals surface area contributed by atoms with Crippen molar-refractivity contribution in [2.45, 2.75) is 6.04 Å². The molecular weight excluding hydrogens is 227 g/mol. The summed E-state index contributed by atoms with van der Waals surface area (Å²) in [6.07, 6.45) is 0. The van der Waals surface area contributed by atoms with Gasteiger partial charge in [-0.1, -0.05) is 30.3 Å². The second kappa shape index (κ2) is 5.19. The van der Waals surface area contributed by atoms with E-state index in [0.717, 1.165) is 11.3 Å². The molecule has 0 heterocycles. The normalized spacial score (nSPS) is 12.2. The number of rotatable bonds is 3. The Labute approximate surface area is 107 Å². The van der Waals surface area contributed by atoms with Gasteiger partial charge >= 0.3 is 0 Å². The number of nitrogens with zero attached hydrogens (tertiary/aromatic N) is 1. The molecule has 0 amide bonds. The highest BCUT2D eigenvalue weighted by atomic mass is 19.1. The van der Waals surface area contributed by atoms with Crippen molar-refractivity contribution < 1.29 is 4.39 Å². The molecule has 2 rings (SSSR count). The van der Waals surface area contributed by atoms with Crippen LogP contribution in [-0.2, 0) is 0 Å². The molecule has 0 aliphatic heterocycles. The van der Waals surface area contributed by atoms with Crippen LogP contribution in [0.15, 0.2) is 48.5 Å². The third-order valence-electron chi connectivity index (χ3n) is 3.01. The maximum Gasteiger partial charge on any atom is 0.128 e. The minimum absolute atomic E-state index is 0.262. The Hall–Kier alpha value is -1.87. The molecule has 0 saturated heterocycles. The monoisotopic (exact) mass is 244 g/mol. The summed E-state index contributed by atoms with van der Waals surface area (Å²) in [6, 6.07) is 14.0. The van der Waals surface area contributed by atoms with Gasteiger partial charge in [0.25, 0.3) is 0 Å². The van der Waals surface area contributed by atoms with Crippen molar-refractivity contribution in [3.8, 4) is 0 Å². The van der Waals surface area contributed by atoms with Gasteiger partial charge in [0.15, 0.2) is 0 Å². The van der Waals surface area contributed by atoms with Crippen LogP contribution in [0, 0.1) is 5.82 Å². The van der Waals surface area contributed by atoms with Crippen LogP contribution < -0.4 is 10.6 Å². The van der Waals surface area contributed by atoms with Gasteiger partial charge in [0.2, 0.25) is 0 Å². The zero-order chi connectivity index (χ0) is 13.1. The van der Waals surface area contributed by atoms with Crippen LogP contribution in [-0.4, -0.2) is 14.1 Å². The van der Waals surface area contributed by atoms with Crippen molar-refractivity contribution in [1.82, 2.24) is 0 Å². The Morgan fingerprint density at radius 1 is 1.00 bits per heavy atom. The lowest BCUT2D eigenvalue weighted by atomic mass is 9.99. The predicted molar refractivity (Wildman–Crippen MR) is 73.2 cm³/mol. The lowest BCUT2D eigenvalue weighted by Gasteiger charge is -2.16. The second-order valence-electron chi connectivity index (χ2n) is 4.49. The van der Waals surface area contributed by atoms with E-state index in [0.29, 0.717) is 5.56 Å². The minimum atomic E-state index is -0.428. The van der Waals surface area contributed by atoms with E-state index >= 15 is 0 Å². The van der Waals surface area contributed by atoms with Crippen molar-refractivity contribution in [2.24, 2.45) is 5.73 Å². The van der Waals surface area contributed by atoms with E-state index in [2.05, 4.69) is 0 Å². The molecule has 0 aliphatic carbocycles. The summed E-state index contributed by atoms with van der Waals surface area (Å²) in [5, 5.41) is 0. The van der Waals surface area contributed by atoms with Crippen molar-refractivity contribution in [1.29, 1.82) is 0 Å². The first kappa shape index (κ1) is 12.6. The van der Waals surface area contributed by atoms with Crippen LogP contribution in [0.3, 0.4) is 0 Å². The molecule has 0 fully saturated rings. The van der Waals surface area contributed by atoms with Gasteiger partial charge in [-0.3, -0.25) is 0 Å². The number of benzene rings is 2. The van der Waals surface area contributed by atoms with E-state index in [1.165, 1.54) is 6.07 Å². The Morgan fingerprint density at radius 2 is 1.61 bits per heavy atom. The molecule has 0 saturated carbocycles. The number of halogens is 1. The molecule has 0 radical (unpaired) electrons. The fraction of sp³-hybridized carbons (Fsp3) is 0.200. The highest BCUT2D eigenvalue weighted by Gasteiger charge is 2.12. The first-order chi connectivity index (χ1) is 8.59. The number of hydrogen-bond acceptors (Lipinski definition) is 2. The number of hydrogen-bond donors (Lipinski definition) is 1. The summed E-state index contributed by atoms with van der Waals surface area (Å²) in [6.45, 7) is 0. The first-order valence-corrected chi connectivity index (χ1v) is 5.87. The quantitative estimate of drug-likeness (QED) is 0.899. The average Bonchev–Trinajstić information content (AvgIpc) is 2.38. The van der Waals surface area contributed by atoms with E-state index in [-0.39, 0.29) is 5.82 Å². The Bertz CT molecular complexity index is 520. The molecule has 2 aromatic carbocycles. The second-order valence-corrected chi connectivity index (χ2v) is 4.49. The molecule has 0 spiro atoms. The summed E-state index contributed by atoms with van der Waals surface area (Å²) in [7, 11) is 3.96. The highest BCUT2D eigenvalue weighted by molar-refractivity contribution is 5.47. The van der Waals surface area contributed by atoms with Gasteiger partial charge in [-0.2, -0.15) is 0 Å². The summed E-state index contributed by atoms with van der Waals surface area (Å²) in [5.41, 5.74) is 8.62. The molecular formula is C15H17FN2. The SMILES string of the molecule is CN(C)c1ccc(C(N)c2ccccc2F)cc1. The molecule has 0 bridgehead atoms. The molecule has 1 unspecified atom stereocenters. The van der Waals surface area contributed by atoms with Crippen molar-refractivity contribution in [3.63, 3.8) is 0 Å². The van der Waals surface area contributed by atoms with Crippen LogP contribution in [0.5, 0.6) is 0 Å². The molecule has 2 N–H and O–H groups in total. The zero-order valence-corrected chi connectivity index (χ0v) is 10.6. The molecule has 94 valence electrons. The molecule has 18 heavy (non-hydrogen) atoms. The Morgan fingerprint density at radius 3 is 2.17 bits per heavy atom. The van der Waals surface area contributed by atoms with Crippen molar-refractivity contribution >= 4 is 5.69 Å². The van der Waals surface area contributed by atoms with E-state index in [4.69, 9.17) is 5.73 Å². The van der Waals surface area contributed by atoms with Crippen LogP contribution in [0.25, 0.3) is 0 Å². The summed E-state index contributed by atoms with van der Waals surface area (Å²) < 4.78 is 13.6. The minimum Gasteiger partial charge on any atom is -0.378 e. The largest absolute Gasteiger partial charge is 0.378 e. The van der Waals surface area contributed by atoms with Crippen LogP contribution in [0.4, 0.5) is 10.1 Å². The topological polar surface area (TPSA) is 29.3 Å². The van der Waals surface area contributed by atoms with Gasteiger partial charge in [-0.05, 0) is 23.8 Å². The molecule has 3 heteroatoms. The lowest BCUT2D eigenvalue weighted by molar-refractivity contribution is 0.599. The summed E-state index contributed by atoms with van der Waals surface area (Å²) in [5.74, 6) is -0.262. The third kappa shape index (κ3) is 2.51. The van der Waals surface area contributed by atoms with Gasteiger partial charge < -0.3 is 10.6 Å². The maximum atomic E-state index is 13.6. The standard InChI is InChI=1S/C15H17FN2/c1-18(2)12-9-7-11(8-10-12)15(17)13-5-3-4-6-14(13)16/h3-10,15H,17H2,1-2H3. The van der Waals surface area contributed by atoms with Crippen LogP contribution >= 0.6 is 0 Å². The third-order valence-corrected chi connectivity index (χ3v) is 3.01. The predicted octanol–water partition coefficient (Wildman–Crippen LogP) is 2.94. The number of anilines is 1. The zero-order valence-electron chi connectivity index (χ0n) is 10.6. The molecule has 2 aromatic rings. The van der Waals surface area contributed by atoms with E-state index in [9.17, 15) is 4.39 Å². The molecule has 1 atom stereocenters. The van der Waals surface area contributed by atoms with Gasteiger partial charge in [-0.15, -0.1) is 0 Å². The highest BCUT2D eigenvalue weighted by Crippen LogP contribution is 2.23. The summed E-state index contributed by atoms with van der Waals surface area (Å²) in [4.78, 5) is 2.01.